The van der Waals surface area contributed by atoms with Gasteiger partial charge in [0.15, 0.2) is 0 Å². The monoisotopic (exact) mass is 374 g/mol. The Bertz CT molecular complexity index is 634. The van der Waals surface area contributed by atoms with Crippen molar-refractivity contribution in [1.82, 2.24) is 10.2 Å². The van der Waals surface area contributed by atoms with E-state index in [2.05, 4.69) is 28.8 Å². The van der Waals surface area contributed by atoms with E-state index >= 15 is 0 Å². The Balaban J connectivity index is 1.87. The number of ether oxygens (including phenoxy) is 2. The predicted octanol–water partition coefficient (Wildman–Crippen LogP) is 2.35. The molecule has 0 bridgehead atoms. The quantitative estimate of drug-likeness (QED) is 0.559. The van der Waals surface area contributed by atoms with Crippen LogP contribution in [0.2, 0.25) is 0 Å². The van der Waals surface area contributed by atoms with Crippen molar-refractivity contribution in [2.75, 3.05) is 40.0 Å². The standard InChI is InChI=1S/C21H30N2O4/c1-16(2)14-19(23-10-12-27-13-11-23)15-22-20(24)9-6-17-4-7-18(8-5-17)21(25)26-3/h4-9,16,19H,10-15H2,1-3H3,(H,22,24)/b9-6+. The Morgan fingerprint density at radius 3 is 2.48 bits per heavy atom. The third-order valence-corrected chi connectivity index (χ3v) is 4.58. The first kappa shape index (κ1) is 21.1. The van der Waals surface area contributed by atoms with Crippen molar-refractivity contribution in [2.24, 2.45) is 5.92 Å². The third-order valence-electron chi connectivity index (χ3n) is 4.58. The van der Waals surface area contributed by atoms with Crippen LogP contribution in [0.5, 0.6) is 0 Å². The van der Waals surface area contributed by atoms with Crippen LogP contribution in [-0.2, 0) is 14.3 Å². The second kappa shape index (κ2) is 10.8. The topological polar surface area (TPSA) is 67.9 Å². The van der Waals surface area contributed by atoms with Crippen molar-refractivity contribution in [3.8, 4) is 0 Å². The lowest BCUT2D eigenvalue weighted by Crippen LogP contribution is -2.49. The second-order valence-corrected chi connectivity index (χ2v) is 7.12. The molecule has 1 atom stereocenters. The zero-order chi connectivity index (χ0) is 19.6. The van der Waals surface area contributed by atoms with Crippen molar-refractivity contribution in [2.45, 2.75) is 26.3 Å². The van der Waals surface area contributed by atoms with Gasteiger partial charge in [-0.25, -0.2) is 4.79 Å². The fourth-order valence-corrected chi connectivity index (χ4v) is 3.15. The van der Waals surface area contributed by atoms with E-state index in [1.807, 2.05) is 0 Å². The molecule has 2 rings (SSSR count). The number of hydrogen-bond donors (Lipinski definition) is 1. The molecule has 27 heavy (non-hydrogen) atoms. The summed E-state index contributed by atoms with van der Waals surface area (Å²) in [5.74, 6) is 0.0789. The molecule has 6 heteroatoms. The number of amides is 1. The Labute approximate surface area is 161 Å². The summed E-state index contributed by atoms with van der Waals surface area (Å²) in [6.45, 7) is 8.36. The minimum absolute atomic E-state index is 0.117. The van der Waals surface area contributed by atoms with Crippen LogP contribution in [0.15, 0.2) is 30.3 Å². The second-order valence-electron chi connectivity index (χ2n) is 7.12. The van der Waals surface area contributed by atoms with Gasteiger partial charge < -0.3 is 14.8 Å². The number of carbonyl (C=O) groups excluding carboxylic acids is 2. The van der Waals surface area contributed by atoms with Gasteiger partial charge in [0, 0.05) is 31.8 Å². The van der Waals surface area contributed by atoms with E-state index in [9.17, 15) is 9.59 Å². The average molecular weight is 374 g/mol. The van der Waals surface area contributed by atoms with Crippen LogP contribution in [-0.4, -0.2) is 62.8 Å². The number of hydrogen-bond acceptors (Lipinski definition) is 5. The SMILES string of the molecule is COC(=O)c1ccc(/C=C/C(=O)NCC(CC(C)C)N2CCOCC2)cc1. The molecule has 1 aromatic rings. The summed E-state index contributed by atoms with van der Waals surface area (Å²) in [6.07, 6.45) is 4.31. The lowest BCUT2D eigenvalue weighted by atomic mass is 10.0. The molecule has 1 aliphatic heterocycles. The van der Waals surface area contributed by atoms with Crippen molar-refractivity contribution in [3.05, 3.63) is 41.5 Å². The van der Waals surface area contributed by atoms with Crippen LogP contribution in [0, 0.1) is 5.92 Å². The molecule has 1 saturated heterocycles. The first-order chi connectivity index (χ1) is 13.0. The molecular weight excluding hydrogens is 344 g/mol. The smallest absolute Gasteiger partial charge is 0.337 e. The van der Waals surface area contributed by atoms with Gasteiger partial charge in [-0.1, -0.05) is 26.0 Å². The highest BCUT2D eigenvalue weighted by Crippen LogP contribution is 2.13. The Morgan fingerprint density at radius 1 is 1.22 bits per heavy atom. The van der Waals surface area contributed by atoms with Gasteiger partial charge in [-0.15, -0.1) is 0 Å². The number of rotatable bonds is 8. The van der Waals surface area contributed by atoms with Crippen LogP contribution >= 0.6 is 0 Å². The number of methoxy groups -OCH3 is 1. The van der Waals surface area contributed by atoms with Crippen molar-refractivity contribution in [1.29, 1.82) is 0 Å². The maximum absolute atomic E-state index is 12.2. The summed E-state index contributed by atoms with van der Waals surface area (Å²) in [5.41, 5.74) is 1.34. The zero-order valence-corrected chi connectivity index (χ0v) is 16.4. The fraction of sp³-hybridized carbons (Fsp3) is 0.524. The molecule has 1 N–H and O–H groups in total. The summed E-state index contributed by atoms with van der Waals surface area (Å²) in [7, 11) is 1.35. The van der Waals surface area contributed by atoms with E-state index in [1.54, 1.807) is 30.3 Å². The van der Waals surface area contributed by atoms with Gasteiger partial charge in [-0.2, -0.15) is 0 Å². The van der Waals surface area contributed by atoms with Crippen LogP contribution in [0.4, 0.5) is 0 Å². The van der Waals surface area contributed by atoms with E-state index in [-0.39, 0.29) is 11.9 Å². The Morgan fingerprint density at radius 2 is 1.89 bits per heavy atom. The molecule has 0 aliphatic carbocycles. The highest BCUT2D eigenvalue weighted by Gasteiger charge is 2.22. The average Bonchev–Trinajstić information content (AvgIpc) is 2.69. The van der Waals surface area contributed by atoms with Crippen molar-refractivity contribution < 1.29 is 19.1 Å². The zero-order valence-electron chi connectivity index (χ0n) is 16.4. The van der Waals surface area contributed by atoms with Gasteiger partial charge in [-0.3, -0.25) is 9.69 Å². The lowest BCUT2D eigenvalue weighted by molar-refractivity contribution is -0.116. The molecule has 148 valence electrons. The highest BCUT2D eigenvalue weighted by atomic mass is 16.5. The minimum Gasteiger partial charge on any atom is -0.465 e. The van der Waals surface area contributed by atoms with E-state index < -0.39 is 0 Å². The number of carbonyl (C=O) groups is 2. The maximum Gasteiger partial charge on any atom is 0.337 e. The van der Waals surface area contributed by atoms with Crippen molar-refractivity contribution >= 4 is 18.0 Å². The fourth-order valence-electron chi connectivity index (χ4n) is 3.15. The molecule has 0 spiro atoms. The summed E-state index contributed by atoms with van der Waals surface area (Å²) in [4.78, 5) is 26.0. The first-order valence-corrected chi connectivity index (χ1v) is 9.45. The molecule has 1 fully saturated rings. The number of nitrogens with one attached hydrogen (secondary N) is 1. The maximum atomic E-state index is 12.2. The van der Waals surface area contributed by atoms with Crippen molar-refractivity contribution in [3.63, 3.8) is 0 Å². The largest absolute Gasteiger partial charge is 0.465 e. The molecule has 1 aliphatic rings. The molecule has 1 heterocycles. The normalized spacial score (nSPS) is 16.4. The Kier molecular flexibility index (Phi) is 8.48. The van der Waals surface area contributed by atoms with E-state index in [4.69, 9.17) is 4.74 Å². The lowest BCUT2D eigenvalue weighted by Gasteiger charge is -2.35. The van der Waals surface area contributed by atoms with E-state index in [1.165, 1.54) is 13.2 Å². The van der Waals surface area contributed by atoms with Crippen LogP contribution < -0.4 is 5.32 Å². The van der Waals surface area contributed by atoms with Gasteiger partial charge in [0.25, 0.3) is 0 Å². The van der Waals surface area contributed by atoms with Gasteiger partial charge in [0.1, 0.15) is 0 Å². The Hall–Kier alpha value is -2.18. The number of esters is 1. The summed E-state index contributed by atoms with van der Waals surface area (Å²) < 4.78 is 10.1. The van der Waals surface area contributed by atoms with Gasteiger partial charge in [0.05, 0.1) is 25.9 Å². The first-order valence-electron chi connectivity index (χ1n) is 9.45. The summed E-state index contributed by atoms with van der Waals surface area (Å²) in [5, 5.41) is 3.01. The molecule has 1 unspecified atom stereocenters. The van der Waals surface area contributed by atoms with Crippen LogP contribution in [0.25, 0.3) is 6.08 Å². The minimum atomic E-state index is -0.373. The number of morpholine rings is 1. The summed E-state index contributed by atoms with van der Waals surface area (Å²) in [6, 6.07) is 7.25. The van der Waals surface area contributed by atoms with Crippen LogP contribution in [0.3, 0.4) is 0 Å². The van der Waals surface area contributed by atoms with Gasteiger partial charge in [-0.05, 0) is 36.1 Å². The summed E-state index contributed by atoms with van der Waals surface area (Å²) >= 11 is 0. The number of nitrogens with zero attached hydrogens (tertiary/aromatic N) is 1. The molecule has 0 saturated carbocycles. The predicted molar refractivity (Wildman–Crippen MR) is 105 cm³/mol. The molecule has 0 aromatic heterocycles. The molecule has 0 radical (unpaired) electrons. The molecule has 1 amide bonds. The highest BCUT2D eigenvalue weighted by molar-refractivity contribution is 5.92. The van der Waals surface area contributed by atoms with Crippen LogP contribution in [0.1, 0.15) is 36.2 Å². The molecule has 6 nitrogen and oxygen atoms in total. The van der Waals surface area contributed by atoms with E-state index in [0.717, 1.165) is 38.3 Å². The number of benzene rings is 1. The molecule has 1 aromatic carbocycles. The molecular formula is C21H30N2O4. The van der Waals surface area contributed by atoms with E-state index in [0.29, 0.717) is 24.1 Å². The van der Waals surface area contributed by atoms with Gasteiger partial charge in [0.2, 0.25) is 5.91 Å². The van der Waals surface area contributed by atoms with Gasteiger partial charge >= 0.3 is 5.97 Å². The third kappa shape index (κ3) is 7.15.